The van der Waals surface area contributed by atoms with Gasteiger partial charge in [-0.2, -0.15) is 0 Å². The number of hydrogen-bond donors (Lipinski definition) is 1. The molecular weight excluding hydrogens is 210 g/mol. The first-order valence-corrected chi connectivity index (χ1v) is 6.67. The summed E-state index contributed by atoms with van der Waals surface area (Å²) in [7, 11) is 0. The van der Waals surface area contributed by atoms with Crippen molar-refractivity contribution in [3.63, 3.8) is 0 Å². The maximum absolute atomic E-state index is 5.51. The summed E-state index contributed by atoms with van der Waals surface area (Å²) in [6.07, 6.45) is 3.48. The first-order chi connectivity index (χ1) is 8.34. The molecule has 2 heteroatoms. The summed E-state index contributed by atoms with van der Waals surface area (Å²) in [5.41, 5.74) is 2.75. The summed E-state index contributed by atoms with van der Waals surface area (Å²) in [6.45, 7) is 8.12. The second kappa shape index (κ2) is 9.20. The number of ether oxygens (including phenoxy) is 1. The monoisotopic (exact) mass is 235 g/mol. The highest BCUT2D eigenvalue weighted by Crippen LogP contribution is 2.05. The molecular formula is C15H25NO. The Balaban J connectivity index is 1.99. The predicted octanol–water partition coefficient (Wildman–Crippen LogP) is 3.29. The standard InChI is InChI=1S/C15H25NO/c1-3-4-11-17-12-7-10-16-13-15-9-6-5-8-14(15)2/h5-6,8-9,16H,3-4,7,10-13H2,1-2H3. The fourth-order valence-corrected chi connectivity index (χ4v) is 1.68. The second-order valence-electron chi connectivity index (χ2n) is 4.42. The van der Waals surface area contributed by atoms with Crippen LogP contribution in [0.15, 0.2) is 24.3 Å². The third-order valence-electron chi connectivity index (χ3n) is 2.86. The Morgan fingerprint density at radius 2 is 1.88 bits per heavy atom. The lowest BCUT2D eigenvalue weighted by Crippen LogP contribution is -2.17. The average Bonchev–Trinajstić information content (AvgIpc) is 2.35. The van der Waals surface area contributed by atoms with Gasteiger partial charge in [0.1, 0.15) is 0 Å². The zero-order chi connectivity index (χ0) is 12.3. The zero-order valence-corrected chi connectivity index (χ0v) is 11.2. The fraction of sp³-hybridized carbons (Fsp3) is 0.600. The molecule has 0 amide bonds. The van der Waals surface area contributed by atoms with Crippen LogP contribution in [-0.4, -0.2) is 19.8 Å². The summed E-state index contributed by atoms with van der Waals surface area (Å²) >= 11 is 0. The van der Waals surface area contributed by atoms with Gasteiger partial charge in [0, 0.05) is 19.8 Å². The van der Waals surface area contributed by atoms with Crippen LogP contribution in [0.4, 0.5) is 0 Å². The van der Waals surface area contributed by atoms with E-state index in [9.17, 15) is 0 Å². The van der Waals surface area contributed by atoms with Gasteiger partial charge in [0.15, 0.2) is 0 Å². The molecule has 0 spiro atoms. The molecule has 1 aromatic carbocycles. The Hall–Kier alpha value is -0.860. The lowest BCUT2D eigenvalue weighted by molar-refractivity contribution is 0.129. The fourth-order valence-electron chi connectivity index (χ4n) is 1.68. The SMILES string of the molecule is CCCCOCCCNCc1ccccc1C. The van der Waals surface area contributed by atoms with Crippen molar-refractivity contribution in [2.45, 2.75) is 39.7 Å². The molecule has 96 valence electrons. The molecule has 0 saturated heterocycles. The summed E-state index contributed by atoms with van der Waals surface area (Å²) < 4.78 is 5.51. The predicted molar refractivity (Wildman–Crippen MR) is 73.2 cm³/mol. The van der Waals surface area contributed by atoms with E-state index in [2.05, 4.69) is 43.4 Å². The van der Waals surface area contributed by atoms with Crippen LogP contribution in [0, 0.1) is 6.92 Å². The van der Waals surface area contributed by atoms with Gasteiger partial charge in [0.25, 0.3) is 0 Å². The van der Waals surface area contributed by atoms with Crippen molar-refractivity contribution < 1.29 is 4.74 Å². The molecule has 0 fully saturated rings. The Kier molecular flexibility index (Phi) is 7.69. The number of nitrogens with one attached hydrogen (secondary N) is 1. The van der Waals surface area contributed by atoms with Crippen molar-refractivity contribution in [1.82, 2.24) is 5.32 Å². The van der Waals surface area contributed by atoms with E-state index in [4.69, 9.17) is 4.74 Å². The Bertz CT molecular complexity index is 299. The van der Waals surface area contributed by atoms with Crippen LogP contribution in [0.5, 0.6) is 0 Å². The van der Waals surface area contributed by atoms with E-state index >= 15 is 0 Å². The maximum Gasteiger partial charge on any atom is 0.0478 e. The van der Waals surface area contributed by atoms with Gasteiger partial charge >= 0.3 is 0 Å². The second-order valence-corrected chi connectivity index (χ2v) is 4.42. The molecule has 0 aliphatic carbocycles. The van der Waals surface area contributed by atoms with Crippen molar-refractivity contribution >= 4 is 0 Å². The van der Waals surface area contributed by atoms with Crippen LogP contribution in [0.25, 0.3) is 0 Å². The smallest absolute Gasteiger partial charge is 0.0478 e. The number of unbranched alkanes of at least 4 members (excludes halogenated alkanes) is 1. The molecule has 2 nitrogen and oxygen atoms in total. The van der Waals surface area contributed by atoms with Crippen LogP contribution >= 0.6 is 0 Å². The molecule has 1 aromatic rings. The molecule has 1 N–H and O–H groups in total. The van der Waals surface area contributed by atoms with Gasteiger partial charge in [-0.1, -0.05) is 37.6 Å². The quantitative estimate of drug-likeness (QED) is 0.663. The minimum Gasteiger partial charge on any atom is -0.381 e. The minimum atomic E-state index is 0.876. The Morgan fingerprint density at radius 3 is 2.65 bits per heavy atom. The summed E-state index contributed by atoms with van der Waals surface area (Å²) in [5.74, 6) is 0. The topological polar surface area (TPSA) is 21.3 Å². The van der Waals surface area contributed by atoms with E-state index in [-0.39, 0.29) is 0 Å². The van der Waals surface area contributed by atoms with Gasteiger partial charge in [0.05, 0.1) is 0 Å². The number of rotatable bonds is 9. The van der Waals surface area contributed by atoms with Gasteiger partial charge < -0.3 is 10.1 Å². The molecule has 0 saturated carbocycles. The third-order valence-corrected chi connectivity index (χ3v) is 2.86. The first kappa shape index (κ1) is 14.2. The number of hydrogen-bond acceptors (Lipinski definition) is 2. The maximum atomic E-state index is 5.51. The van der Waals surface area contributed by atoms with Crippen LogP contribution in [0.2, 0.25) is 0 Å². The number of aryl methyl sites for hydroxylation is 1. The Morgan fingerprint density at radius 1 is 1.12 bits per heavy atom. The zero-order valence-electron chi connectivity index (χ0n) is 11.2. The molecule has 0 unspecified atom stereocenters. The van der Waals surface area contributed by atoms with Crippen LogP contribution in [0.3, 0.4) is 0 Å². The van der Waals surface area contributed by atoms with Crippen molar-refractivity contribution in [3.05, 3.63) is 35.4 Å². The summed E-state index contributed by atoms with van der Waals surface area (Å²) in [6, 6.07) is 8.52. The number of benzene rings is 1. The highest BCUT2D eigenvalue weighted by Gasteiger charge is 1.95. The van der Waals surface area contributed by atoms with Crippen molar-refractivity contribution in [3.8, 4) is 0 Å². The third kappa shape index (κ3) is 6.44. The normalized spacial score (nSPS) is 10.7. The van der Waals surface area contributed by atoms with Crippen molar-refractivity contribution in [2.24, 2.45) is 0 Å². The molecule has 0 aliphatic rings. The highest BCUT2D eigenvalue weighted by molar-refractivity contribution is 5.25. The van der Waals surface area contributed by atoms with Crippen molar-refractivity contribution in [2.75, 3.05) is 19.8 Å². The van der Waals surface area contributed by atoms with Gasteiger partial charge in [-0.15, -0.1) is 0 Å². The average molecular weight is 235 g/mol. The largest absolute Gasteiger partial charge is 0.381 e. The molecule has 0 atom stereocenters. The van der Waals surface area contributed by atoms with E-state index < -0.39 is 0 Å². The van der Waals surface area contributed by atoms with Gasteiger partial charge in [-0.25, -0.2) is 0 Å². The van der Waals surface area contributed by atoms with Crippen LogP contribution in [-0.2, 0) is 11.3 Å². The van der Waals surface area contributed by atoms with E-state index in [1.807, 2.05) is 0 Å². The molecule has 1 rings (SSSR count). The molecule has 0 aromatic heterocycles. The van der Waals surface area contributed by atoms with Crippen LogP contribution < -0.4 is 5.32 Å². The van der Waals surface area contributed by atoms with E-state index in [1.54, 1.807) is 0 Å². The molecule has 0 radical (unpaired) electrons. The van der Waals surface area contributed by atoms with Crippen molar-refractivity contribution in [1.29, 1.82) is 0 Å². The van der Waals surface area contributed by atoms with E-state index in [0.717, 1.165) is 32.7 Å². The lowest BCUT2D eigenvalue weighted by Gasteiger charge is -2.07. The minimum absolute atomic E-state index is 0.876. The van der Waals surface area contributed by atoms with E-state index in [1.165, 1.54) is 24.0 Å². The van der Waals surface area contributed by atoms with Gasteiger partial charge in [0.2, 0.25) is 0 Å². The molecule has 0 aliphatic heterocycles. The molecule has 17 heavy (non-hydrogen) atoms. The summed E-state index contributed by atoms with van der Waals surface area (Å²) in [4.78, 5) is 0. The molecule has 0 heterocycles. The van der Waals surface area contributed by atoms with Crippen LogP contribution in [0.1, 0.15) is 37.3 Å². The first-order valence-electron chi connectivity index (χ1n) is 6.67. The van der Waals surface area contributed by atoms with Gasteiger partial charge in [-0.05, 0) is 37.4 Å². The van der Waals surface area contributed by atoms with Gasteiger partial charge in [-0.3, -0.25) is 0 Å². The Labute approximate surface area is 105 Å². The summed E-state index contributed by atoms with van der Waals surface area (Å²) in [5, 5.41) is 3.45. The highest BCUT2D eigenvalue weighted by atomic mass is 16.5. The molecule has 0 bridgehead atoms. The lowest BCUT2D eigenvalue weighted by atomic mass is 10.1. The van der Waals surface area contributed by atoms with E-state index in [0.29, 0.717) is 0 Å².